The molecule has 1 aromatic carbocycles. The van der Waals surface area contributed by atoms with Gasteiger partial charge in [0.05, 0.1) is 12.5 Å². The molecule has 2 atom stereocenters. The van der Waals surface area contributed by atoms with Crippen LogP contribution in [-0.2, 0) is 9.53 Å². The van der Waals surface area contributed by atoms with E-state index in [0.717, 1.165) is 18.4 Å². The average molecular weight is 302 g/mol. The predicted molar refractivity (Wildman–Crippen MR) is 84.3 cm³/mol. The fourth-order valence-corrected chi connectivity index (χ4v) is 2.76. The number of likely N-dealkylation sites (tertiary alicyclic amines) is 1. The van der Waals surface area contributed by atoms with Crippen LogP contribution in [-0.4, -0.2) is 36.1 Å². The van der Waals surface area contributed by atoms with Gasteiger partial charge in [0.1, 0.15) is 6.61 Å². The van der Waals surface area contributed by atoms with Crippen LogP contribution >= 0.6 is 0 Å². The van der Waals surface area contributed by atoms with Crippen LogP contribution in [0.3, 0.4) is 0 Å². The zero-order valence-corrected chi connectivity index (χ0v) is 12.6. The number of benzene rings is 1. The van der Waals surface area contributed by atoms with E-state index < -0.39 is 6.03 Å². The molecule has 2 rings (SSSR count). The van der Waals surface area contributed by atoms with Crippen molar-refractivity contribution in [1.29, 1.82) is 0 Å². The van der Waals surface area contributed by atoms with Crippen molar-refractivity contribution in [3.63, 3.8) is 0 Å². The third-order valence-corrected chi connectivity index (χ3v) is 4.00. The third kappa shape index (κ3) is 4.10. The fraction of sp³-hybridized carbons (Fsp3) is 0.412. The molecule has 0 saturated carbocycles. The summed E-state index contributed by atoms with van der Waals surface area (Å²) in [5.74, 6) is -0.352. The number of amides is 2. The van der Waals surface area contributed by atoms with E-state index in [-0.39, 0.29) is 31.0 Å². The summed E-state index contributed by atoms with van der Waals surface area (Å²) < 4.78 is 5.32. The van der Waals surface area contributed by atoms with Gasteiger partial charge >= 0.3 is 12.0 Å². The maximum Gasteiger partial charge on any atom is 0.315 e. The summed E-state index contributed by atoms with van der Waals surface area (Å²) in [6.07, 6.45) is 3.71. The Morgan fingerprint density at radius 2 is 2.14 bits per heavy atom. The minimum absolute atomic E-state index is 0.0653. The lowest BCUT2D eigenvalue weighted by atomic mass is 9.96. The number of hydrogen-bond donors (Lipinski definition) is 1. The van der Waals surface area contributed by atoms with Gasteiger partial charge in [0.15, 0.2) is 0 Å². The van der Waals surface area contributed by atoms with Crippen molar-refractivity contribution >= 4 is 12.0 Å². The SMILES string of the molecule is C=C[C@H](CC(=O)OC[C@@H]1CCCN1C(N)=O)c1ccccc1. The molecule has 1 aliphatic rings. The summed E-state index contributed by atoms with van der Waals surface area (Å²) in [5.41, 5.74) is 6.34. The molecule has 1 aliphatic heterocycles. The Morgan fingerprint density at radius 1 is 1.41 bits per heavy atom. The second kappa shape index (κ2) is 7.64. The molecule has 1 heterocycles. The molecule has 0 unspecified atom stereocenters. The van der Waals surface area contributed by atoms with Crippen molar-refractivity contribution in [2.24, 2.45) is 5.73 Å². The van der Waals surface area contributed by atoms with Crippen molar-refractivity contribution in [3.8, 4) is 0 Å². The number of allylic oxidation sites excluding steroid dienone is 1. The molecule has 1 saturated heterocycles. The topological polar surface area (TPSA) is 72.6 Å². The van der Waals surface area contributed by atoms with Crippen molar-refractivity contribution in [1.82, 2.24) is 4.90 Å². The number of rotatable bonds is 6. The maximum absolute atomic E-state index is 12.0. The van der Waals surface area contributed by atoms with E-state index in [1.807, 2.05) is 30.3 Å². The molecule has 5 nitrogen and oxygen atoms in total. The summed E-state index contributed by atoms with van der Waals surface area (Å²) in [6, 6.07) is 9.17. The van der Waals surface area contributed by atoms with Crippen LogP contribution in [0.4, 0.5) is 4.79 Å². The van der Waals surface area contributed by atoms with Crippen LogP contribution in [0.5, 0.6) is 0 Å². The van der Waals surface area contributed by atoms with Gasteiger partial charge in [0.2, 0.25) is 0 Å². The van der Waals surface area contributed by atoms with E-state index in [2.05, 4.69) is 6.58 Å². The Hall–Kier alpha value is -2.30. The van der Waals surface area contributed by atoms with E-state index in [4.69, 9.17) is 10.5 Å². The highest BCUT2D eigenvalue weighted by Gasteiger charge is 2.28. The first kappa shape index (κ1) is 16.1. The molecule has 118 valence electrons. The first-order valence-corrected chi connectivity index (χ1v) is 7.51. The highest BCUT2D eigenvalue weighted by atomic mass is 16.5. The number of urea groups is 1. The fourth-order valence-electron chi connectivity index (χ4n) is 2.76. The predicted octanol–water partition coefficient (Wildman–Crippen LogP) is 2.43. The lowest BCUT2D eigenvalue weighted by molar-refractivity contribution is -0.145. The van der Waals surface area contributed by atoms with Gasteiger partial charge in [-0.05, 0) is 18.4 Å². The van der Waals surface area contributed by atoms with E-state index in [0.29, 0.717) is 6.54 Å². The Labute approximate surface area is 130 Å². The summed E-state index contributed by atoms with van der Waals surface area (Å²) in [7, 11) is 0. The molecule has 0 radical (unpaired) electrons. The van der Waals surface area contributed by atoms with Crippen molar-refractivity contribution in [2.45, 2.75) is 31.2 Å². The largest absolute Gasteiger partial charge is 0.463 e. The number of hydrogen-bond acceptors (Lipinski definition) is 3. The Bertz CT molecular complexity index is 530. The summed E-state index contributed by atoms with van der Waals surface area (Å²) in [5, 5.41) is 0. The lowest BCUT2D eigenvalue weighted by Gasteiger charge is -2.22. The Kier molecular flexibility index (Phi) is 5.58. The van der Waals surface area contributed by atoms with Crippen LogP contribution in [0.2, 0.25) is 0 Å². The van der Waals surface area contributed by atoms with E-state index in [9.17, 15) is 9.59 Å². The van der Waals surface area contributed by atoms with Crippen LogP contribution < -0.4 is 5.73 Å². The van der Waals surface area contributed by atoms with E-state index in [1.54, 1.807) is 11.0 Å². The standard InChI is InChI=1S/C17H22N2O3/c1-2-13(14-7-4-3-5-8-14)11-16(20)22-12-15-9-6-10-19(15)17(18)21/h2-5,7-8,13,15H,1,6,9-12H2,(H2,18,21)/t13-,15+/m1/s1. The molecule has 1 aromatic rings. The van der Waals surface area contributed by atoms with Crippen molar-refractivity contribution in [2.75, 3.05) is 13.2 Å². The van der Waals surface area contributed by atoms with Gasteiger partial charge in [0, 0.05) is 12.5 Å². The molecular formula is C17H22N2O3. The quantitative estimate of drug-likeness (QED) is 0.648. The molecule has 0 bridgehead atoms. The van der Waals surface area contributed by atoms with Gasteiger partial charge < -0.3 is 15.4 Å². The lowest BCUT2D eigenvalue weighted by Crippen LogP contribution is -2.42. The summed E-state index contributed by atoms with van der Waals surface area (Å²) >= 11 is 0. The number of primary amides is 1. The first-order chi connectivity index (χ1) is 10.6. The minimum Gasteiger partial charge on any atom is -0.463 e. The Balaban J connectivity index is 1.85. The molecule has 1 fully saturated rings. The van der Waals surface area contributed by atoms with Crippen molar-refractivity contribution < 1.29 is 14.3 Å². The van der Waals surface area contributed by atoms with Crippen LogP contribution in [0.25, 0.3) is 0 Å². The smallest absolute Gasteiger partial charge is 0.315 e. The highest BCUT2D eigenvalue weighted by molar-refractivity contribution is 5.73. The van der Waals surface area contributed by atoms with Gasteiger partial charge in [-0.2, -0.15) is 0 Å². The van der Waals surface area contributed by atoms with Gasteiger partial charge in [-0.3, -0.25) is 4.79 Å². The molecule has 2 N–H and O–H groups in total. The molecule has 0 spiro atoms. The second-order valence-electron chi connectivity index (χ2n) is 5.47. The molecule has 0 aromatic heterocycles. The normalized spacial score (nSPS) is 18.7. The molecule has 0 aliphatic carbocycles. The molecule has 2 amide bonds. The monoisotopic (exact) mass is 302 g/mol. The first-order valence-electron chi connectivity index (χ1n) is 7.51. The third-order valence-electron chi connectivity index (χ3n) is 4.00. The number of carbonyl (C=O) groups is 2. The molecule has 22 heavy (non-hydrogen) atoms. The molecule has 5 heteroatoms. The Morgan fingerprint density at radius 3 is 2.77 bits per heavy atom. The number of esters is 1. The zero-order chi connectivity index (χ0) is 15.9. The average Bonchev–Trinajstić information content (AvgIpc) is 3.00. The number of ether oxygens (including phenoxy) is 1. The summed E-state index contributed by atoms with van der Waals surface area (Å²) in [4.78, 5) is 24.8. The van der Waals surface area contributed by atoms with Gasteiger partial charge in [-0.15, -0.1) is 6.58 Å². The number of nitrogens with two attached hydrogens (primary N) is 1. The zero-order valence-electron chi connectivity index (χ0n) is 12.6. The van der Waals surface area contributed by atoms with Crippen molar-refractivity contribution in [3.05, 3.63) is 48.6 Å². The van der Waals surface area contributed by atoms with Gasteiger partial charge in [0.25, 0.3) is 0 Å². The van der Waals surface area contributed by atoms with Crippen LogP contribution in [0.1, 0.15) is 30.7 Å². The van der Waals surface area contributed by atoms with Gasteiger partial charge in [-0.25, -0.2) is 4.79 Å². The second-order valence-corrected chi connectivity index (χ2v) is 5.47. The van der Waals surface area contributed by atoms with Gasteiger partial charge in [-0.1, -0.05) is 36.4 Å². The van der Waals surface area contributed by atoms with Crippen LogP contribution in [0, 0.1) is 0 Å². The van der Waals surface area contributed by atoms with E-state index >= 15 is 0 Å². The minimum atomic E-state index is -0.452. The highest BCUT2D eigenvalue weighted by Crippen LogP contribution is 2.22. The number of carbonyl (C=O) groups excluding carboxylic acids is 2. The van der Waals surface area contributed by atoms with Crippen LogP contribution in [0.15, 0.2) is 43.0 Å². The van der Waals surface area contributed by atoms with E-state index in [1.165, 1.54) is 0 Å². The molecular weight excluding hydrogens is 280 g/mol. The number of nitrogens with zero attached hydrogens (tertiary/aromatic N) is 1. The summed E-state index contributed by atoms with van der Waals surface area (Å²) in [6.45, 7) is 4.63. The maximum atomic E-state index is 12.0.